The van der Waals surface area contributed by atoms with Gasteiger partial charge >= 0.3 is 0 Å². The van der Waals surface area contributed by atoms with Crippen LogP contribution in [-0.4, -0.2) is 62.7 Å². The molecule has 0 radical (unpaired) electrons. The molecule has 0 saturated carbocycles. The first-order chi connectivity index (χ1) is 6.15. The molecule has 0 aliphatic carbocycles. The molecule has 78 valence electrons. The Labute approximate surface area is 82.1 Å². The maximum absolute atomic E-state index is 3.60. The molecule has 0 bridgehead atoms. The summed E-state index contributed by atoms with van der Waals surface area (Å²) in [6.45, 7) is 5.75. The SMILES string of the molecule is CCC(C1CN(C)CCN1)N(C)C. The Morgan fingerprint density at radius 3 is 2.69 bits per heavy atom. The fourth-order valence-electron chi connectivity index (χ4n) is 2.20. The molecule has 1 aliphatic heterocycles. The van der Waals surface area contributed by atoms with Crippen molar-refractivity contribution in [3.63, 3.8) is 0 Å². The quantitative estimate of drug-likeness (QED) is 0.679. The van der Waals surface area contributed by atoms with Crippen molar-refractivity contribution in [3.8, 4) is 0 Å². The predicted octanol–water partition coefficient (Wildman–Crippen LogP) is 0.230. The molecule has 0 amide bonds. The molecular formula is C10H23N3. The summed E-state index contributed by atoms with van der Waals surface area (Å²) in [5.41, 5.74) is 0. The van der Waals surface area contributed by atoms with E-state index in [0.29, 0.717) is 12.1 Å². The number of nitrogens with zero attached hydrogens (tertiary/aromatic N) is 2. The van der Waals surface area contributed by atoms with Gasteiger partial charge in [0.2, 0.25) is 0 Å². The summed E-state index contributed by atoms with van der Waals surface area (Å²) < 4.78 is 0. The minimum atomic E-state index is 0.638. The Hall–Kier alpha value is -0.120. The molecular weight excluding hydrogens is 162 g/mol. The zero-order chi connectivity index (χ0) is 9.84. The number of hydrogen-bond donors (Lipinski definition) is 1. The highest BCUT2D eigenvalue weighted by molar-refractivity contribution is 4.86. The van der Waals surface area contributed by atoms with Crippen molar-refractivity contribution in [1.82, 2.24) is 15.1 Å². The van der Waals surface area contributed by atoms with Gasteiger partial charge in [-0.25, -0.2) is 0 Å². The maximum atomic E-state index is 3.60. The molecule has 0 aromatic heterocycles. The van der Waals surface area contributed by atoms with Crippen molar-refractivity contribution in [2.24, 2.45) is 0 Å². The van der Waals surface area contributed by atoms with Gasteiger partial charge < -0.3 is 15.1 Å². The van der Waals surface area contributed by atoms with Crippen LogP contribution in [0.15, 0.2) is 0 Å². The Kier molecular flexibility index (Phi) is 4.16. The highest BCUT2D eigenvalue weighted by atomic mass is 15.2. The smallest absolute Gasteiger partial charge is 0.0351 e. The average Bonchev–Trinajstić information content (AvgIpc) is 2.04. The van der Waals surface area contributed by atoms with E-state index >= 15 is 0 Å². The molecule has 0 aromatic carbocycles. The van der Waals surface area contributed by atoms with Gasteiger partial charge in [0.05, 0.1) is 0 Å². The average molecular weight is 185 g/mol. The van der Waals surface area contributed by atoms with Crippen LogP contribution in [-0.2, 0) is 0 Å². The van der Waals surface area contributed by atoms with Crippen molar-refractivity contribution in [2.45, 2.75) is 25.4 Å². The molecule has 1 aliphatic rings. The van der Waals surface area contributed by atoms with E-state index in [-0.39, 0.29) is 0 Å². The minimum absolute atomic E-state index is 0.638. The zero-order valence-electron chi connectivity index (χ0n) is 9.38. The Bertz CT molecular complexity index is 147. The van der Waals surface area contributed by atoms with Crippen molar-refractivity contribution in [3.05, 3.63) is 0 Å². The fraction of sp³-hybridized carbons (Fsp3) is 1.00. The molecule has 2 atom stereocenters. The van der Waals surface area contributed by atoms with Crippen molar-refractivity contribution in [1.29, 1.82) is 0 Å². The van der Waals surface area contributed by atoms with Crippen molar-refractivity contribution >= 4 is 0 Å². The van der Waals surface area contributed by atoms with Gasteiger partial charge in [0.15, 0.2) is 0 Å². The highest BCUT2D eigenvalue weighted by Gasteiger charge is 2.25. The standard InChI is InChI=1S/C10H23N3/c1-5-10(12(2)3)9-8-13(4)7-6-11-9/h9-11H,5-8H2,1-4H3. The van der Waals surface area contributed by atoms with E-state index in [1.165, 1.54) is 19.5 Å². The lowest BCUT2D eigenvalue weighted by Gasteiger charge is -2.38. The van der Waals surface area contributed by atoms with E-state index in [1.807, 2.05) is 0 Å². The lowest BCUT2D eigenvalue weighted by molar-refractivity contribution is 0.151. The van der Waals surface area contributed by atoms with Gasteiger partial charge in [-0.3, -0.25) is 0 Å². The van der Waals surface area contributed by atoms with Crippen LogP contribution in [0.1, 0.15) is 13.3 Å². The molecule has 0 aromatic rings. The number of likely N-dealkylation sites (N-methyl/N-ethyl adjacent to an activating group) is 2. The first-order valence-electron chi connectivity index (χ1n) is 5.23. The van der Waals surface area contributed by atoms with Gasteiger partial charge in [-0.2, -0.15) is 0 Å². The topological polar surface area (TPSA) is 18.5 Å². The first kappa shape index (κ1) is 11.0. The van der Waals surface area contributed by atoms with E-state index in [2.05, 4.69) is 43.2 Å². The van der Waals surface area contributed by atoms with Gasteiger partial charge in [0.25, 0.3) is 0 Å². The summed E-state index contributed by atoms with van der Waals surface area (Å²) in [6, 6.07) is 1.31. The van der Waals surface area contributed by atoms with Crippen molar-refractivity contribution < 1.29 is 0 Å². The Morgan fingerprint density at radius 2 is 2.23 bits per heavy atom. The van der Waals surface area contributed by atoms with E-state index in [9.17, 15) is 0 Å². The number of rotatable bonds is 3. The molecule has 1 rings (SSSR count). The van der Waals surface area contributed by atoms with Crippen LogP contribution < -0.4 is 5.32 Å². The Morgan fingerprint density at radius 1 is 1.54 bits per heavy atom. The molecule has 2 unspecified atom stereocenters. The van der Waals surface area contributed by atoms with Crippen molar-refractivity contribution in [2.75, 3.05) is 40.8 Å². The molecule has 3 heteroatoms. The van der Waals surface area contributed by atoms with Crippen LogP contribution in [0.5, 0.6) is 0 Å². The number of piperazine rings is 1. The second kappa shape index (κ2) is 4.94. The highest BCUT2D eigenvalue weighted by Crippen LogP contribution is 2.09. The largest absolute Gasteiger partial charge is 0.310 e. The molecule has 1 fully saturated rings. The van der Waals surface area contributed by atoms with E-state index in [0.717, 1.165) is 6.54 Å². The predicted molar refractivity (Wildman–Crippen MR) is 57.1 cm³/mol. The third-order valence-electron chi connectivity index (χ3n) is 2.95. The first-order valence-corrected chi connectivity index (χ1v) is 5.23. The van der Waals surface area contributed by atoms with Crippen LogP contribution in [0, 0.1) is 0 Å². The molecule has 1 heterocycles. The van der Waals surface area contributed by atoms with Crippen LogP contribution in [0.4, 0.5) is 0 Å². The van der Waals surface area contributed by atoms with E-state index in [1.54, 1.807) is 0 Å². The number of nitrogens with one attached hydrogen (secondary N) is 1. The maximum Gasteiger partial charge on any atom is 0.0351 e. The van der Waals surface area contributed by atoms with E-state index < -0.39 is 0 Å². The molecule has 0 spiro atoms. The third kappa shape index (κ3) is 2.93. The van der Waals surface area contributed by atoms with Crippen LogP contribution in [0.3, 0.4) is 0 Å². The normalized spacial score (nSPS) is 27.9. The summed E-state index contributed by atoms with van der Waals surface area (Å²) in [5.74, 6) is 0. The lowest BCUT2D eigenvalue weighted by Crippen LogP contribution is -2.57. The van der Waals surface area contributed by atoms with Gasteiger partial charge in [-0.05, 0) is 27.6 Å². The van der Waals surface area contributed by atoms with Crippen LogP contribution in [0.25, 0.3) is 0 Å². The second-order valence-corrected chi connectivity index (χ2v) is 4.26. The van der Waals surface area contributed by atoms with Gasteiger partial charge in [0, 0.05) is 31.7 Å². The van der Waals surface area contributed by atoms with Crippen LogP contribution >= 0.6 is 0 Å². The van der Waals surface area contributed by atoms with Gasteiger partial charge in [-0.1, -0.05) is 6.92 Å². The molecule has 13 heavy (non-hydrogen) atoms. The summed E-state index contributed by atoms with van der Waals surface area (Å²) >= 11 is 0. The molecule has 3 nitrogen and oxygen atoms in total. The molecule has 1 N–H and O–H groups in total. The van der Waals surface area contributed by atoms with Crippen LogP contribution in [0.2, 0.25) is 0 Å². The number of hydrogen-bond acceptors (Lipinski definition) is 3. The summed E-state index contributed by atoms with van der Waals surface area (Å²) in [4.78, 5) is 4.74. The summed E-state index contributed by atoms with van der Waals surface area (Å²) in [5, 5.41) is 3.60. The molecule has 1 saturated heterocycles. The van der Waals surface area contributed by atoms with Gasteiger partial charge in [0.1, 0.15) is 0 Å². The lowest BCUT2D eigenvalue weighted by atomic mass is 10.0. The third-order valence-corrected chi connectivity index (χ3v) is 2.95. The summed E-state index contributed by atoms with van der Waals surface area (Å²) in [6.07, 6.45) is 1.22. The fourth-order valence-corrected chi connectivity index (χ4v) is 2.20. The van der Waals surface area contributed by atoms with E-state index in [4.69, 9.17) is 0 Å². The zero-order valence-corrected chi connectivity index (χ0v) is 9.38. The summed E-state index contributed by atoms with van der Waals surface area (Å²) in [7, 11) is 6.55. The Balaban J connectivity index is 2.47. The van der Waals surface area contributed by atoms with Gasteiger partial charge in [-0.15, -0.1) is 0 Å². The monoisotopic (exact) mass is 185 g/mol. The second-order valence-electron chi connectivity index (χ2n) is 4.26. The minimum Gasteiger partial charge on any atom is -0.310 e.